The highest BCUT2D eigenvalue weighted by Gasteiger charge is 2.35. The summed E-state index contributed by atoms with van der Waals surface area (Å²) in [4.78, 5) is 40.5. The van der Waals surface area contributed by atoms with Crippen molar-refractivity contribution in [1.82, 2.24) is 10.6 Å². The van der Waals surface area contributed by atoms with Crippen molar-refractivity contribution in [3.63, 3.8) is 0 Å². The Balaban J connectivity index is 1.67. The predicted octanol–water partition coefficient (Wildman–Crippen LogP) is 3.98. The van der Waals surface area contributed by atoms with Crippen LogP contribution in [0.2, 0.25) is 0 Å². The van der Waals surface area contributed by atoms with Gasteiger partial charge in [0.05, 0.1) is 12.8 Å². The first-order valence-electron chi connectivity index (χ1n) is 11.3. The minimum atomic E-state index is -1.25. The van der Waals surface area contributed by atoms with Gasteiger partial charge in [-0.25, -0.2) is 4.39 Å². The molecule has 2 N–H and O–H groups in total. The van der Waals surface area contributed by atoms with E-state index in [0.717, 1.165) is 25.7 Å². The molecule has 0 spiro atoms. The fraction of sp³-hybridized carbons (Fsp3) is 0.269. The number of rotatable bonds is 8. The third-order valence-corrected chi connectivity index (χ3v) is 5.86. The van der Waals surface area contributed by atoms with Crippen molar-refractivity contribution >= 4 is 23.4 Å². The molecule has 0 saturated heterocycles. The lowest BCUT2D eigenvalue weighted by atomic mass is 10.0. The topological polar surface area (TPSA) is 91.7 Å². The molecule has 3 amide bonds. The average Bonchev–Trinajstić information content (AvgIpc) is 3.56. The summed E-state index contributed by atoms with van der Waals surface area (Å²) in [6, 6.07) is 16.3. The van der Waals surface area contributed by atoms with Gasteiger partial charge in [-0.2, -0.15) is 0 Å². The quantitative estimate of drug-likeness (QED) is 0.529. The lowest BCUT2D eigenvalue weighted by Crippen LogP contribution is -2.49. The summed E-state index contributed by atoms with van der Waals surface area (Å²) < 4.78 is 20.0. The Bertz CT molecular complexity index is 1130. The molecule has 7 nitrogen and oxygen atoms in total. The third kappa shape index (κ3) is 5.33. The first-order valence-corrected chi connectivity index (χ1v) is 11.3. The van der Waals surface area contributed by atoms with E-state index in [1.165, 1.54) is 35.4 Å². The second-order valence-corrected chi connectivity index (χ2v) is 8.17. The molecule has 1 heterocycles. The highest BCUT2D eigenvalue weighted by atomic mass is 19.1. The summed E-state index contributed by atoms with van der Waals surface area (Å²) in [5.74, 6) is -2.14. The average molecular weight is 464 g/mol. The van der Waals surface area contributed by atoms with Crippen molar-refractivity contribution in [3.8, 4) is 0 Å². The number of halogens is 1. The number of anilines is 1. The standard InChI is InChI=1S/C26H26FN3O4/c27-21-14-7-6-13-20(21)24(26(33)29-18-9-4-5-10-18)30(19-11-2-1-3-12-19)23(31)17-28-25(32)22-15-8-16-34-22/h1-3,6-8,11-16,18,24H,4-5,9-10,17H2,(H,28,32)(H,29,33)/t24-/m0/s1. The maximum absolute atomic E-state index is 15.0. The molecule has 34 heavy (non-hydrogen) atoms. The molecular weight excluding hydrogens is 437 g/mol. The lowest BCUT2D eigenvalue weighted by molar-refractivity contribution is -0.126. The van der Waals surface area contributed by atoms with Gasteiger partial charge in [-0.05, 0) is 43.2 Å². The highest BCUT2D eigenvalue weighted by Crippen LogP contribution is 2.30. The van der Waals surface area contributed by atoms with Crippen molar-refractivity contribution in [2.75, 3.05) is 11.4 Å². The molecule has 1 fully saturated rings. The van der Waals surface area contributed by atoms with Crippen LogP contribution in [0.4, 0.5) is 10.1 Å². The Kier molecular flexibility index (Phi) is 7.37. The van der Waals surface area contributed by atoms with Gasteiger partial charge in [-0.1, -0.05) is 49.2 Å². The van der Waals surface area contributed by atoms with Crippen LogP contribution in [0.15, 0.2) is 77.4 Å². The number of hydrogen-bond donors (Lipinski definition) is 2. The van der Waals surface area contributed by atoms with Crippen molar-refractivity contribution in [3.05, 3.63) is 90.1 Å². The molecule has 0 radical (unpaired) electrons. The van der Waals surface area contributed by atoms with Crippen LogP contribution in [-0.4, -0.2) is 30.3 Å². The third-order valence-electron chi connectivity index (χ3n) is 5.86. The molecule has 1 aliphatic rings. The lowest BCUT2D eigenvalue weighted by Gasteiger charge is -2.32. The zero-order valence-corrected chi connectivity index (χ0v) is 18.6. The van der Waals surface area contributed by atoms with E-state index in [-0.39, 0.29) is 17.4 Å². The van der Waals surface area contributed by atoms with Crippen LogP contribution in [0, 0.1) is 5.82 Å². The van der Waals surface area contributed by atoms with Crippen LogP contribution in [0.5, 0.6) is 0 Å². The largest absolute Gasteiger partial charge is 0.459 e. The number of amides is 3. The van der Waals surface area contributed by atoms with E-state index in [1.807, 2.05) is 0 Å². The number of furan rings is 1. The van der Waals surface area contributed by atoms with E-state index in [4.69, 9.17) is 4.42 Å². The number of benzene rings is 2. The fourth-order valence-electron chi connectivity index (χ4n) is 4.21. The summed E-state index contributed by atoms with van der Waals surface area (Å²) >= 11 is 0. The van der Waals surface area contributed by atoms with Gasteiger partial charge in [0.1, 0.15) is 11.9 Å². The Morgan fingerprint density at radius 1 is 0.971 bits per heavy atom. The maximum Gasteiger partial charge on any atom is 0.287 e. The van der Waals surface area contributed by atoms with Crippen LogP contribution in [-0.2, 0) is 9.59 Å². The van der Waals surface area contributed by atoms with Crippen LogP contribution < -0.4 is 15.5 Å². The summed E-state index contributed by atoms with van der Waals surface area (Å²) in [5, 5.41) is 5.51. The molecule has 0 bridgehead atoms. The summed E-state index contributed by atoms with van der Waals surface area (Å²) in [6.07, 6.45) is 5.06. The molecule has 1 aliphatic carbocycles. The zero-order chi connectivity index (χ0) is 23.9. The van der Waals surface area contributed by atoms with E-state index < -0.39 is 36.1 Å². The predicted molar refractivity (Wildman–Crippen MR) is 125 cm³/mol. The van der Waals surface area contributed by atoms with Crippen molar-refractivity contribution < 1.29 is 23.2 Å². The first-order chi connectivity index (χ1) is 16.5. The Labute approximate surface area is 196 Å². The molecule has 0 aliphatic heterocycles. The molecule has 3 aromatic rings. The SMILES string of the molecule is O=C(NCC(=O)N(c1ccccc1)[C@H](C(=O)NC1CCCC1)c1ccccc1F)c1ccco1. The number of carbonyl (C=O) groups excluding carboxylic acids is 3. The van der Waals surface area contributed by atoms with E-state index in [2.05, 4.69) is 10.6 Å². The molecule has 0 unspecified atom stereocenters. The van der Waals surface area contributed by atoms with E-state index >= 15 is 0 Å². The van der Waals surface area contributed by atoms with Gasteiger partial charge >= 0.3 is 0 Å². The van der Waals surface area contributed by atoms with Gasteiger partial charge in [-0.3, -0.25) is 19.3 Å². The van der Waals surface area contributed by atoms with Crippen LogP contribution in [0.25, 0.3) is 0 Å². The minimum Gasteiger partial charge on any atom is -0.459 e. The van der Waals surface area contributed by atoms with Crippen molar-refractivity contribution in [2.24, 2.45) is 0 Å². The zero-order valence-electron chi connectivity index (χ0n) is 18.6. The summed E-state index contributed by atoms with van der Waals surface area (Å²) in [7, 11) is 0. The fourth-order valence-corrected chi connectivity index (χ4v) is 4.21. The number of nitrogens with zero attached hydrogens (tertiary/aromatic N) is 1. The van der Waals surface area contributed by atoms with Gasteiger partial charge < -0.3 is 15.1 Å². The molecule has 4 rings (SSSR count). The summed E-state index contributed by atoms with van der Waals surface area (Å²) in [6.45, 7) is -0.407. The minimum absolute atomic E-state index is 0.0202. The number of carbonyl (C=O) groups is 3. The van der Waals surface area contributed by atoms with Gasteiger partial charge in [-0.15, -0.1) is 0 Å². The summed E-state index contributed by atoms with van der Waals surface area (Å²) in [5.41, 5.74) is 0.488. The van der Waals surface area contributed by atoms with Gasteiger partial charge in [0, 0.05) is 17.3 Å². The number of para-hydroxylation sites is 1. The molecular formula is C26H26FN3O4. The molecule has 1 atom stereocenters. The Morgan fingerprint density at radius 3 is 2.35 bits per heavy atom. The monoisotopic (exact) mass is 463 g/mol. The molecule has 2 aromatic carbocycles. The normalized spacial score (nSPS) is 14.4. The maximum atomic E-state index is 15.0. The molecule has 176 valence electrons. The van der Waals surface area contributed by atoms with Gasteiger partial charge in [0.2, 0.25) is 11.8 Å². The van der Waals surface area contributed by atoms with E-state index in [0.29, 0.717) is 5.69 Å². The van der Waals surface area contributed by atoms with Crippen LogP contribution in [0.1, 0.15) is 47.8 Å². The van der Waals surface area contributed by atoms with Crippen molar-refractivity contribution in [2.45, 2.75) is 37.8 Å². The second-order valence-electron chi connectivity index (χ2n) is 8.17. The van der Waals surface area contributed by atoms with E-state index in [1.54, 1.807) is 42.5 Å². The van der Waals surface area contributed by atoms with Crippen molar-refractivity contribution in [1.29, 1.82) is 0 Å². The van der Waals surface area contributed by atoms with Crippen LogP contribution >= 0.6 is 0 Å². The van der Waals surface area contributed by atoms with E-state index in [9.17, 15) is 18.8 Å². The van der Waals surface area contributed by atoms with Crippen LogP contribution in [0.3, 0.4) is 0 Å². The highest BCUT2D eigenvalue weighted by molar-refractivity contribution is 6.04. The Hall–Kier alpha value is -3.94. The first kappa shape index (κ1) is 23.2. The molecule has 1 saturated carbocycles. The molecule has 1 aromatic heterocycles. The second kappa shape index (κ2) is 10.8. The number of hydrogen-bond acceptors (Lipinski definition) is 4. The van der Waals surface area contributed by atoms with Gasteiger partial charge in [0.25, 0.3) is 5.91 Å². The Morgan fingerprint density at radius 2 is 1.68 bits per heavy atom. The number of nitrogens with one attached hydrogen (secondary N) is 2. The molecule has 8 heteroatoms. The smallest absolute Gasteiger partial charge is 0.287 e. The van der Waals surface area contributed by atoms with Gasteiger partial charge in [0.15, 0.2) is 5.76 Å².